The quantitative estimate of drug-likeness (QED) is 0.278. The monoisotopic (exact) mass is 542 g/mol. The van der Waals surface area contributed by atoms with Crippen LogP contribution in [0.2, 0.25) is 0 Å². The van der Waals surface area contributed by atoms with Crippen molar-refractivity contribution in [3.8, 4) is 0 Å². The van der Waals surface area contributed by atoms with Gasteiger partial charge in [0.15, 0.2) is 0 Å². The second-order valence-corrected chi connectivity index (χ2v) is 8.82. The van der Waals surface area contributed by atoms with Crippen molar-refractivity contribution in [2.24, 2.45) is 9.98 Å². The molecule has 0 saturated heterocycles. The van der Waals surface area contributed by atoms with Gasteiger partial charge in [0, 0.05) is 39.3 Å². The van der Waals surface area contributed by atoms with Gasteiger partial charge in [0.25, 0.3) is 0 Å². The van der Waals surface area contributed by atoms with E-state index in [9.17, 15) is 9.59 Å². The number of hydrogen-bond donors (Lipinski definition) is 0. The maximum absolute atomic E-state index is 11.4. The minimum absolute atomic E-state index is 0.0274. The summed E-state index contributed by atoms with van der Waals surface area (Å²) >= 11 is 0.194. The summed E-state index contributed by atoms with van der Waals surface area (Å²) in [5.74, 6) is 1.15. The summed E-state index contributed by atoms with van der Waals surface area (Å²) in [6.45, 7) is 3.04. The number of halogens is 2. The summed E-state index contributed by atoms with van der Waals surface area (Å²) in [6, 6.07) is 18.3. The van der Waals surface area contributed by atoms with Crippen molar-refractivity contribution in [2.45, 2.75) is 13.8 Å². The molecule has 0 spiro atoms. The SMILES string of the molecule is CC(=O)N(C)c1ccc(N=Cc2ccc(C=Nc3ccc(N(C)C(C)=O)cc3)o2)cc1.[Cl][Fe][Cl]. The van der Waals surface area contributed by atoms with Crippen molar-refractivity contribution in [3.63, 3.8) is 0 Å². The van der Waals surface area contributed by atoms with Crippen LogP contribution >= 0.6 is 20.2 Å². The first-order valence-electron chi connectivity index (χ1n) is 9.97. The number of hydrogen-bond acceptors (Lipinski definition) is 5. The molecule has 2 amide bonds. The molecule has 10 heteroatoms. The van der Waals surface area contributed by atoms with E-state index in [0.29, 0.717) is 11.5 Å². The number of furan rings is 1. The van der Waals surface area contributed by atoms with Crippen molar-refractivity contribution >= 4 is 67.2 Å². The molecule has 1 aromatic heterocycles. The van der Waals surface area contributed by atoms with Crippen molar-refractivity contribution < 1.29 is 27.1 Å². The van der Waals surface area contributed by atoms with Crippen LogP contribution in [0.1, 0.15) is 25.4 Å². The maximum atomic E-state index is 11.4. The molecule has 0 N–H and O–H groups in total. The van der Waals surface area contributed by atoms with Gasteiger partial charge in [-0.05, 0) is 60.7 Å². The molecule has 0 aliphatic heterocycles. The molecule has 180 valence electrons. The Bertz CT molecular complexity index is 1060. The second-order valence-electron chi connectivity index (χ2n) is 7.00. The Hall–Kier alpha value is -2.90. The van der Waals surface area contributed by atoms with E-state index in [1.165, 1.54) is 13.8 Å². The predicted octanol–water partition coefficient (Wildman–Crippen LogP) is 6.12. The van der Waals surface area contributed by atoms with Gasteiger partial charge in [-0.1, -0.05) is 0 Å². The van der Waals surface area contributed by atoms with Crippen LogP contribution in [0.3, 0.4) is 0 Å². The van der Waals surface area contributed by atoms with E-state index >= 15 is 0 Å². The molecule has 0 atom stereocenters. The van der Waals surface area contributed by atoms with Crippen LogP contribution in [-0.2, 0) is 22.7 Å². The molecule has 1 heterocycles. The van der Waals surface area contributed by atoms with Gasteiger partial charge in [-0.2, -0.15) is 0 Å². The van der Waals surface area contributed by atoms with Crippen molar-refractivity contribution in [3.05, 3.63) is 72.2 Å². The van der Waals surface area contributed by atoms with Crippen LogP contribution in [0.5, 0.6) is 0 Å². The summed E-state index contributed by atoms with van der Waals surface area (Å²) in [5.41, 5.74) is 3.12. The zero-order valence-electron chi connectivity index (χ0n) is 19.1. The molecule has 0 fully saturated rings. The first kappa shape index (κ1) is 27.3. The van der Waals surface area contributed by atoms with Gasteiger partial charge in [-0.25, -0.2) is 0 Å². The van der Waals surface area contributed by atoms with Crippen molar-refractivity contribution in [1.29, 1.82) is 0 Å². The van der Waals surface area contributed by atoms with Gasteiger partial charge < -0.3 is 14.2 Å². The molecule has 34 heavy (non-hydrogen) atoms. The van der Waals surface area contributed by atoms with Crippen LogP contribution in [0.15, 0.2) is 75.1 Å². The van der Waals surface area contributed by atoms with E-state index < -0.39 is 0 Å². The fourth-order valence-electron chi connectivity index (χ4n) is 2.67. The Balaban J connectivity index is 0.00000129. The van der Waals surface area contributed by atoms with Gasteiger partial charge in [-0.3, -0.25) is 19.6 Å². The van der Waals surface area contributed by atoms with Gasteiger partial charge >= 0.3 is 33.3 Å². The second kappa shape index (κ2) is 13.7. The Morgan fingerprint density at radius 1 is 0.735 bits per heavy atom. The van der Waals surface area contributed by atoms with E-state index in [1.807, 2.05) is 60.7 Å². The van der Waals surface area contributed by atoms with E-state index in [-0.39, 0.29) is 24.9 Å². The molecule has 0 bridgehead atoms. The molecule has 0 aliphatic carbocycles. The Morgan fingerprint density at radius 2 is 1.06 bits per heavy atom. The first-order chi connectivity index (χ1) is 16.2. The number of nitrogens with zero attached hydrogens (tertiary/aromatic N) is 4. The van der Waals surface area contributed by atoms with Gasteiger partial charge in [0.05, 0.1) is 23.8 Å². The van der Waals surface area contributed by atoms with Crippen LogP contribution in [0.25, 0.3) is 0 Å². The van der Waals surface area contributed by atoms with Crippen molar-refractivity contribution in [2.75, 3.05) is 23.9 Å². The first-order valence-corrected chi connectivity index (χ1v) is 13.0. The molecular formula is C24H24Cl2FeN4O3. The van der Waals surface area contributed by atoms with Gasteiger partial charge in [0.1, 0.15) is 11.5 Å². The predicted molar refractivity (Wildman–Crippen MR) is 136 cm³/mol. The molecule has 0 aliphatic rings. The third kappa shape index (κ3) is 8.46. The van der Waals surface area contributed by atoms with Gasteiger partial charge in [-0.15, -0.1) is 0 Å². The third-order valence-electron chi connectivity index (χ3n) is 4.75. The Kier molecular flexibility index (Phi) is 11.0. The molecular weight excluding hydrogens is 519 g/mol. The standard InChI is InChI=1S/C24H24N4O3.2ClH.Fe/c1-17(29)27(3)21-9-5-19(6-10-21)25-15-23-13-14-24(31-23)16-26-20-7-11-22(12-8-20)28(4)18(2)30;;;/h5-16H,1-4H3;2*1H;/q;;;+2/p-2. The fourth-order valence-corrected chi connectivity index (χ4v) is 2.67. The average molecular weight is 543 g/mol. The third-order valence-corrected chi connectivity index (χ3v) is 4.75. The normalized spacial score (nSPS) is 10.9. The molecule has 0 saturated carbocycles. The van der Waals surface area contributed by atoms with E-state index in [4.69, 9.17) is 24.6 Å². The summed E-state index contributed by atoms with van der Waals surface area (Å²) in [6.07, 6.45) is 3.26. The number of benzene rings is 2. The van der Waals surface area contributed by atoms with Crippen LogP contribution in [0.4, 0.5) is 22.7 Å². The summed E-state index contributed by atoms with van der Waals surface area (Å²) in [5, 5.41) is 0. The summed E-state index contributed by atoms with van der Waals surface area (Å²) in [4.78, 5) is 34.8. The van der Waals surface area contributed by atoms with Gasteiger partial charge in [0.2, 0.25) is 11.8 Å². The number of anilines is 2. The van der Waals surface area contributed by atoms with Crippen LogP contribution in [-0.4, -0.2) is 38.3 Å². The van der Waals surface area contributed by atoms with E-state index in [0.717, 1.165) is 22.7 Å². The number of carbonyl (C=O) groups is 2. The molecule has 3 aromatic rings. The molecule has 2 aromatic carbocycles. The Labute approximate surface area is 213 Å². The number of carbonyl (C=O) groups excluding carboxylic acids is 2. The molecule has 3 rings (SSSR count). The van der Waals surface area contributed by atoms with E-state index in [1.54, 1.807) is 36.3 Å². The molecule has 0 radical (unpaired) electrons. The Morgan fingerprint density at radius 3 is 1.35 bits per heavy atom. The van der Waals surface area contributed by atoms with Crippen molar-refractivity contribution in [1.82, 2.24) is 0 Å². The molecule has 0 unspecified atom stereocenters. The average Bonchev–Trinajstić information content (AvgIpc) is 3.29. The minimum atomic E-state index is -0.0274. The molecule has 7 nitrogen and oxygen atoms in total. The summed E-state index contributed by atoms with van der Waals surface area (Å²) < 4.78 is 5.71. The zero-order valence-corrected chi connectivity index (χ0v) is 21.7. The zero-order chi connectivity index (χ0) is 25.1. The van der Waals surface area contributed by atoms with Crippen LogP contribution in [0, 0.1) is 0 Å². The number of amides is 2. The number of aliphatic imine (C=N–C) groups is 2. The fraction of sp³-hybridized carbons (Fsp3) is 0.167. The summed E-state index contributed by atoms with van der Waals surface area (Å²) in [7, 11) is 13.0. The topological polar surface area (TPSA) is 78.5 Å². The number of rotatable bonds is 6. The van der Waals surface area contributed by atoms with Crippen LogP contribution < -0.4 is 9.80 Å². The van der Waals surface area contributed by atoms with E-state index in [2.05, 4.69) is 9.98 Å².